The molecule has 2 atom stereocenters. The number of amides is 1. The molecule has 0 bridgehead atoms. The molecule has 0 saturated heterocycles. The maximum atomic E-state index is 12.3. The van der Waals surface area contributed by atoms with E-state index in [2.05, 4.69) is 21.4 Å². The van der Waals surface area contributed by atoms with Crippen molar-refractivity contribution in [3.63, 3.8) is 0 Å². The van der Waals surface area contributed by atoms with E-state index in [1.807, 2.05) is 25.1 Å². The van der Waals surface area contributed by atoms with Gasteiger partial charge >= 0.3 is 0 Å². The number of rotatable bonds is 3. The van der Waals surface area contributed by atoms with Gasteiger partial charge in [0.05, 0.1) is 12.0 Å². The number of nitrogens with zero attached hydrogens (tertiary/aromatic N) is 1. The molecular formula is C14H15N3OS. The van der Waals surface area contributed by atoms with Crippen LogP contribution in [0.5, 0.6) is 0 Å². The van der Waals surface area contributed by atoms with E-state index in [0.29, 0.717) is 0 Å². The Kier molecular flexibility index (Phi) is 3.29. The molecule has 1 amide bonds. The molecule has 19 heavy (non-hydrogen) atoms. The number of thioether (sulfide) groups is 1. The Morgan fingerprint density at radius 1 is 1.53 bits per heavy atom. The Hall–Kier alpha value is -1.75. The van der Waals surface area contributed by atoms with Crippen molar-refractivity contribution >= 4 is 17.7 Å². The van der Waals surface area contributed by atoms with Gasteiger partial charge in [-0.05, 0) is 18.6 Å². The number of benzene rings is 1. The largest absolute Gasteiger partial charge is 0.347 e. The zero-order valence-corrected chi connectivity index (χ0v) is 11.4. The van der Waals surface area contributed by atoms with Crippen molar-refractivity contribution in [2.24, 2.45) is 0 Å². The van der Waals surface area contributed by atoms with Crippen LogP contribution in [-0.4, -0.2) is 21.6 Å². The van der Waals surface area contributed by atoms with Crippen molar-refractivity contribution in [1.82, 2.24) is 15.3 Å². The predicted octanol–water partition coefficient (Wildman–Crippen LogP) is 2.48. The molecule has 2 N–H and O–H groups in total. The molecule has 1 aliphatic rings. The normalized spacial score (nSPS) is 18.9. The first-order chi connectivity index (χ1) is 9.25. The maximum Gasteiger partial charge on any atom is 0.229 e. The summed E-state index contributed by atoms with van der Waals surface area (Å²) in [5.41, 5.74) is 1.14. The fraction of sp³-hybridized carbons (Fsp3) is 0.286. The van der Waals surface area contributed by atoms with Gasteiger partial charge in [-0.15, -0.1) is 11.8 Å². The smallest absolute Gasteiger partial charge is 0.229 e. The van der Waals surface area contributed by atoms with Gasteiger partial charge in [-0.25, -0.2) is 4.98 Å². The topological polar surface area (TPSA) is 57.8 Å². The molecule has 1 aliphatic heterocycles. The van der Waals surface area contributed by atoms with Crippen LogP contribution in [0.1, 0.15) is 30.3 Å². The monoisotopic (exact) mass is 273 g/mol. The van der Waals surface area contributed by atoms with Crippen LogP contribution in [0.4, 0.5) is 0 Å². The van der Waals surface area contributed by atoms with Gasteiger partial charge < -0.3 is 10.3 Å². The predicted molar refractivity (Wildman–Crippen MR) is 75.1 cm³/mol. The maximum absolute atomic E-state index is 12.3. The second-order valence-corrected chi connectivity index (χ2v) is 5.67. The molecule has 0 radical (unpaired) electrons. The van der Waals surface area contributed by atoms with Crippen LogP contribution in [0.2, 0.25) is 0 Å². The number of carbonyl (C=O) groups excluding carboxylic acids is 1. The van der Waals surface area contributed by atoms with Crippen LogP contribution in [0.25, 0.3) is 0 Å². The first-order valence-electron chi connectivity index (χ1n) is 6.27. The molecule has 0 aliphatic carbocycles. The van der Waals surface area contributed by atoms with Crippen LogP contribution in [0.15, 0.2) is 41.6 Å². The molecule has 2 unspecified atom stereocenters. The molecule has 1 aromatic heterocycles. The third-order valence-electron chi connectivity index (χ3n) is 3.30. The van der Waals surface area contributed by atoms with Gasteiger partial charge in [0.25, 0.3) is 0 Å². The lowest BCUT2D eigenvalue weighted by molar-refractivity contribution is -0.122. The van der Waals surface area contributed by atoms with Gasteiger partial charge in [-0.2, -0.15) is 0 Å². The minimum atomic E-state index is -0.0970. The third-order valence-corrected chi connectivity index (χ3v) is 4.49. The molecule has 0 saturated carbocycles. The van der Waals surface area contributed by atoms with E-state index < -0.39 is 0 Å². The average Bonchev–Trinajstić information content (AvgIpc) is 3.08. The lowest BCUT2D eigenvalue weighted by atomic mass is 10.0. The van der Waals surface area contributed by atoms with E-state index in [9.17, 15) is 4.79 Å². The summed E-state index contributed by atoms with van der Waals surface area (Å²) >= 11 is 1.74. The molecule has 2 aromatic rings. The van der Waals surface area contributed by atoms with E-state index in [-0.39, 0.29) is 17.9 Å². The number of nitrogens with one attached hydrogen (secondary N) is 2. The fourth-order valence-corrected chi connectivity index (χ4v) is 3.51. The molecule has 3 rings (SSSR count). The lowest BCUT2D eigenvalue weighted by Gasteiger charge is -2.15. The summed E-state index contributed by atoms with van der Waals surface area (Å²) in [6.07, 6.45) is 3.46. The SMILES string of the molecule is CC(NC(=O)C1CSc2ccccc21)c1ncc[nH]1. The summed E-state index contributed by atoms with van der Waals surface area (Å²) in [6, 6.07) is 8.01. The molecule has 4 nitrogen and oxygen atoms in total. The zero-order chi connectivity index (χ0) is 13.2. The molecule has 0 fully saturated rings. The van der Waals surface area contributed by atoms with E-state index in [1.165, 1.54) is 4.90 Å². The van der Waals surface area contributed by atoms with Crippen LogP contribution in [0, 0.1) is 0 Å². The van der Waals surface area contributed by atoms with Gasteiger partial charge in [-0.1, -0.05) is 18.2 Å². The molecule has 2 heterocycles. The van der Waals surface area contributed by atoms with Crippen LogP contribution >= 0.6 is 11.8 Å². The van der Waals surface area contributed by atoms with Crippen molar-refractivity contribution in [2.45, 2.75) is 23.8 Å². The first kappa shape index (κ1) is 12.3. The highest BCUT2D eigenvalue weighted by Gasteiger charge is 2.29. The quantitative estimate of drug-likeness (QED) is 0.903. The van der Waals surface area contributed by atoms with Gasteiger partial charge in [0.2, 0.25) is 5.91 Å². The number of hydrogen-bond acceptors (Lipinski definition) is 3. The van der Waals surface area contributed by atoms with Crippen LogP contribution in [-0.2, 0) is 4.79 Å². The number of carbonyl (C=O) groups is 1. The molecule has 1 aromatic carbocycles. The van der Waals surface area contributed by atoms with Gasteiger partial charge in [0.15, 0.2) is 0 Å². The Labute approximate surface area is 116 Å². The minimum absolute atomic E-state index is 0.0568. The second kappa shape index (κ2) is 5.09. The van der Waals surface area contributed by atoms with Gasteiger partial charge in [-0.3, -0.25) is 4.79 Å². The Morgan fingerprint density at radius 3 is 3.16 bits per heavy atom. The number of H-pyrrole nitrogens is 1. The van der Waals surface area contributed by atoms with Crippen molar-refractivity contribution < 1.29 is 4.79 Å². The summed E-state index contributed by atoms with van der Waals surface area (Å²) in [5, 5.41) is 3.02. The Balaban J connectivity index is 1.72. The average molecular weight is 273 g/mol. The zero-order valence-electron chi connectivity index (χ0n) is 10.6. The van der Waals surface area contributed by atoms with E-state index in [0.717, 1.165) is 17.1 Å². The number of imidazole rings is 1. The highest BCUT2D eigenvalue weighted by Crippen LogP contribution is 2.39. The fourth-order valence-electron chi connectivity index (χ4n) is 2.28. The number of fused-ring (bicyclic) bond motifs is 1. The lowest BCUT2D eigenvalue weighted by Crippen LogP contribution is -2.32. The third kappa shape index (κ3) is 2.38. The summed E-state index contributed by atoms with van der Waals surface area (Å²) < 4.78 is 0. The summed E-state index contributed by atoms with van der Waals surface area (Å²) in [4.78, 5) is 20.7. The van der Waals surface area contributed by atoms with Gasteiger partial charge in [0, 0.05) is 23.0 Å². The molecule has 98 valence electrons. The van der Waals surface area contributed by atoms with Crippen molar-refractivity contribution in [3.8, 4) is 0 Å². The van der Waals surface area contributed by atoms with Crippen molar-refractivity contribution in [1.29, 1.82) is 0 Å². The molecule has 0 spiro atoms. The summed E-state index contributed by atoms with van der Waals surface area (Å²) in [6.45, 7) is 1.94. The summed E-state index contributed by atoms with van der Waals surface area (Å²) in [5.74, 6) is 1.61. The number of aromatic amines is 1. The van der Waals surface area contributed by atoms with Crippen molar-refractivity contribution in [2.75, 3.05) is 5.75 Å². The van der Waals surface area contributed by atoms with Crippen LogP contribution in [0.3, 0.4) is 0 Å². The highest BCUT2D eigenvalue weighted by atomic mass is 32.2. The van der Waals surface area contributed by atoms with E-state index in [4.69, 9.17) is 0 Å². The Bertz CT molecular complexity index is 582. The van der Waals surface area contributed by atoms with Crippen molar-refractivity contribution in [3.05, 3.63) is 48.0 Å². The standard InChI is InChI=1S/C14H15N3OS/c1-9(13-15-6-7-16-13)17-14(18)11-8-19-12-5-3-2-4-10(11)12/h2-7,9,11H,8H2,1H3,(H,15,16)(H,17,18). The highest BCUT2D eigenvalue weighted by molar-refractivity contribution is 7.99. The van der Waals surface area contributed by atoms with Gasteiger partial charge in [0.1, 0.15) is 5.82 Å². The molecule has 5 heteroatoms. The summed E-state index contributed by atoms with van der Waals surface area (Å²) in [7, 11) is 0. The second-order valence-electron chi connectivity index (χ2n) is 4.61. The molecular weight excluding hydrogens is 258 g/mol. The first-order valence-corrected chi connectivity index (χ1v) is 7.25. The van der Waals surface area contributed by atoms with E-state index in [1.54, 1.807) is 24.2 Å². The number of aromatic nitrogens is 2. The van der Waals surface area contributed by atoms with Crippen LogP contribution < -0.4 is 5.32 Å². The Morgan fingerprint density at radius 2 is 2.37 bits per heavy atom. The number of hydrogen-bond donors (Lipinski definition) is 2. The minimum Gasteiger partial charge on any atom is -0.347 e. The van der Waals surface area contributed by atoms with E-state index >= 15 is 0 Å².